The largest absolute Gasteiger partial charge is 0.497 e. The monoisotopic (exact) mass is 310 g/mol. The highest BCUT2D eigenvalue weighted by molar-refractivity contribution is 6.59. The summed E-state index contributed by atoms with van der Waals surface area (Å²) in [6.07, 6.45) is 0. The Morgan fingerprint density at radius 3 is 1.20 bits per heavy atom. The molecule has 0 atom stereocenters. The molecule has 0 unspecified atom stereocenters. The molecule has 0 aromatic heterocycles. The first-order chi connectivity index (χ1) is 9.77. The molecule has 1 aliphatic rings. The molecule has 0 spiro atoms. The second-order valence-electron chi connectivity index (χ2n) is 4.21. The van der Waals surface area contributed by atoms with Crippen molar-refractivity contribution in [1.82, 2.24) is 0 Å². The van der Waals surface area contributed by atoms with E-state index >= 15 is 0 Å². The van der Waals surface area contributed by atoms with Crippen molar-refractivity contribution in [3.05, 3.63) is 0 Å². The lowest BCUT2D eigenvalue weighted by Crippen LogP contribution is -2.43. The molecule has 1 aliphatic heterocycles. The fourth-order valence-corrected chi connectivity index (χ4v) is 2.72. The first kappa shape index (κ1) is 18.0. The molecule has 7 nitrogen and oxygen atoms in total. The lowest BCUT2D eigenvalue weighted by Gasteiger charge is -2.24. The van der Waals surface area contributed by atoms with E-state index < -0.39 is 8.80 Å². The van der Waals surface area contributed by atoms with Crippen LogP contribution in [0.4, 0.5) is 0 Å². The second-order valence-corrected chi connectivity index (χ2v) is 6.92. The van der Waals surface area contributed by atoms with Crippen LogP contribution < -0.4 is 0 Å². The summed E-state index contributed by atoms with van der Waals surface area (Å²) in [4.78, 5) is 0. The van der Waals surface area contributed by atoms with Gasteiger partial charge in [0, 0.05) is 13.7 Å². The van der Waals surface area contributed by atoms with Crippen LogP contribution in [0.3, 0.4) is 0 Å². The van der Waals surface area contributed by atoms with Crippen LogP contribution in [-0.4, -0.2) is 82.0 Å². The van der Waals surface area contributed by atoms with Crippen LogP contribution >= 0.6 is 0 Å². The van der Waals surface area contributed by atoms with Gasteiger partial charge >= 0.3 is 8.80 Å². The van der Waals surface area contributed by atoms with Crippen LogP contribution in [0, 0.1) is 0 Å². The molecule has 1 fully saturated rings. The van der Waals surface area contributed by atoms with Crippen molar-refractivity contribution < 1.29 is 32.2 Å². The Balaban J connectivity index is 2.27. The molecular weight excluding hydrogens is 284 g/mol. The van der Waals surface area contributed by atoms with Crippen LogP contribution in [0.2, 0.25) is 6.55 Å². The van der Waals surface area contributed by atoms with Crippen molar-refractivity contribution in [3.63, 3.8) is 0 Å². The van der Waals surface area contributed by atoms with E-state index in [9.17, 15) is 0 Å². The van der Waals surface area contributed by atoms with Gasteiger partial charge in [0.25, 0.3) is 0 Å². The molecule has 0 bridgehead atoms. The van der Waals surface area contributed by atoms with Gasteiger partial charge in [-0.25, -0.2) is 0 Å². The molecule has 1 rings (SSSR count). The van der Waals surface area contributed by atoms with E-state index in [0.717, 1.165) is 0 Å². The summed E-state index contributed by atoms with van der Waals surface area (Å²) in [5.74, 6) is 0. The number of hydrogen-bond donors (Lipinski definition) is 0. The van der Waals surface area contributed by atoms with Crippen molar-refractivity contribution >= 4 is 8.80 Å². The minimum absolute atomic E-state index is 0.445. The quantitative estimate of drug-likeness (QED) is 0.646. The molecule has 8 heteroatoms. The first-order valence-electron chi connectivity index (χ1n) is 6.91. The van der Waals surface area contributed by atoms with Gasteiger partial charge in [-0.2, -0.15) is 0 Å². The SMILES string of the molecule is CO[Si]1(C)OCCOCCOCCOCCOCCO1. The van der Waals surface area contributed by atoms with E-state index in [1.807, 2.05) is 6.55 Å². The summed E-state index contributed by atoms with van der Waals surface area (Å²) < 4.78 is 38.1. The van der Waals surface area contributed by atoms with Gasteiger partial charge in [-0.3, -0.25) is 0 Å². The molecule has 0 amide bonds. The van der Waals surface area contributed by atoms with Gasteiger partial charge in [0.1, 0.15) is 0 Å². The second kappa shape index (κ2) is 11.6. The van der Waals surface area contributed by atoms with Crippen LogP contribution in [0.1, 0.15) is 0 Å². The van der Waals surface area contributed by atoms with Crippen molar-refractivity contribution in [2.45, 2.75) is 6.55 Å². The van der Waals surface area contributed by atoms with E-state index in [4.69, 9.17) is 32.2 Å². The van der Waals surface area contributed by atoms with Gasteiger partial charge in [0.2, 0.25) is 0 Å². The normalized spacial score (nSPS) is 24.9. The van der Waals surface area contributed by atoms with E-state index in [1.54, 1.807) is 7.11 Å². The van der Waals surface area contributed by atoms with Crippen LogP contribution in [0.25, 0.3) is 0 Å². The fraction of sp³-hybridized carbons (Fsp3) is 1.00. The van der Waals surface area contributed by atoms with E-state index in [-0.39, 0.29) is 0 Å². The van der Waals surface area contributed by atoms with Crippen molar-refractivity contribution in [3.8, 4) is 0 Å². The number of hydrogen-bond acceptors (Lipinski definition) is 7. The highest BCUT2D eigenvalue weighted by atomic mass is 28.4. The van der Waals surface area contributed by atoms with Crippen LogP contribution in [0.5, 0.6) is 0 Å². The van der Waals surface area contributed by atoms with Gasteiger partial charge in [0.05, 0.1) is 66.1 Å². The highest BCUT2D eigenvalue weighted by Crippen LogP contribution is 2.07. The first-order valence-corrected chi connectivity index (χ1v) is 9.13. The Kier molecular flexibility index (Phi) is 10.4. The molecule has 120 valence electrons. The molecule has 20 heavy (non-hydrogen) atoms. The highest BCUT2D eigenvalue weighted by Gasteiger charge is 2.33. The summed E-state index contributed by atoms with van der Waals surface area (Å²) in [7, 11) is -0.975. The molecule has 0 aromatic rings. The Bertz CT molecular complexity index is 212. The Hall–Kier alpha value is -0.0631. The fourth-order valence-electron chi connectivity index (χ4n) is 1.49. The number of rotatable bonds is 1. The zero-order chi connectivity index (χ0) is 14.5. The zero-order valence-corrected chi connectivity index (χ0v) is 13.4. The maximum atomic E-state index is 5.65. The van der Waals surface area contributed by atoms with E-state index in [2.05, 4.69) is 0 Å². The van der Waals surface area contributed by atoms with Crippen molar-refractivity contribution in [2.75, 3.05) is 73.2 Å². The van der Waals surface area contributed by atoms with Gasteiger partial charge in [-0.15, -0.1) is 0 Å². The smallest absolute Gasteiger partial charge is 0.377 e. The van der Waals surface area contributed by atoms with Gasteiger partial charge in [0.15, 0.2) is 0 Å². The third-order valence-corrected chi connectivity index (χ3v) is 4.87. The summed E-state index contributed by atoms with van der Waals surface area (Å²) in [6, 6.07) is 0. The molecule has 0 radical (unpaired) electrons. The van der Waals surface area contributed by atoms with Gasteiger partial charge in [-0.05, 0) is 0 Å². The number of ether oxygens (including phenoxy) is 4. The van der Waals surface area contributed by atoms with Gasteiger partial charge in [-0.1, -0.05) is 0 Å². The third kappa shape index (κ3) is 8.98. The molecule has 0 aromatic carbocycles. The Morgan fingerprint density at radius 1 is 0.600 bits per heavy atom. The topological polar surface area (TPSA) is 64.6 Å². The summed E-state index contributed by atoms with van der Waals surface area (Å²) in [5, 5.41) is 0. The van der Waals surface area contributed by atoms with Gasteiger partial charge < -0.3 is 32.2 Å². The predicted octanol–water partition coefficient (Wildman–Crippen LogP) is 0.315. The molecule has 0 N–H and O–H groups in total. The predicted molar refractivity (Wildman–Crippen MR) is 73.8 cm³/mol. The average Bonchev–Trinajstić information content (AvgIpc) is 2.46. The lowest BCUT2D eigenvalue weighted by atomic mass is 10.7. The maximum absolute atomic E-state index is 5.65. The van der Waals surface area contributed by atoms with Crippen LogP contribution in [-0.2, 0) is 32.2 Å². The standard InChI is InChI=1S/C12H26O7Si/c1-13-20(2)18-11-9-16-7-5-14-3-4-15-6-8-17-10-12-19-20/h3-12H2,1-2H3. The molecule has 1 heterocycles. The minimum atomic E-state index is -2.57. The van der Waals surface area contributed by atoms with E-state index in [1.165, 1.54) is 0 Å². The minimum Gasteiger partial charge on any atom is -0.377 e. The summed E-state index contributed by atoms with van der Waals surface area (Å²) in [6.45, 7) is 7.04. The summed E-state index contributed by atoms with van der Waals surface area (Å²) >= 11 is 0. The van der Waals surface area contributed by atoms with E-state index in [0.29, 0.717) is 66.1 Å². The molecular formula is C12H26O7Si. The van der Waals surface area contributed by atoms with Crippen LogP contribution in [0.15, 0.2) is 0 Å². The molecule has 1 saturated heterocycles. The zero-order valence-electron chi connectivity index (χ0n) is 12.4. The summed E-state index contributed by atoms with van der Waals surface area (Å²) in [5.41, 5.74) is 0. The third-order valence-electron chi connectivity index (χ3n) is 2.67. The molecule has 0 aliphatic carbocycles. The lowest BCUT2D eigenvalue weighted by molar-refractivity contribution is -0.00426. The molecule has 0 saturated carbocycles. The van der Waals surface area contributed by atoms with Crippen molar-refractivity contribution in [2.24, 2.45) is 0 Å². The maximum Gasteiger partial charge on any atom is 0.497 e. The average molecular weight is 310 g/mol. The van der Waals surface area contributed by atoms with Crippen molar-refractivity contribution in [1.29, 1.82) is 0 Å². The Morgan fingerprint density at radius 2 is 0.900 bits per heavy atom. The Labute approximate surface area is 121 Å².